The molecule has 1 N–H and O–H groups in total. The maximum absolute atomic E-state index is 6.65. The largest absolute Gasteiger partial charge is 0.496 e. The lowest BCUT2D eigenvalue weighted by molar-refractivity contribution is 0.218. The van der Waals surface area contributed by atoms with E-state index in [-0.39, 0.29) is 6.04 Å². The highest BCUT2D eigenvalue weighted by Gasteiger charge is 2.42. The highest BCUT2D eigenvalue weighted by atomic mass is 79.9. The summed E-state index contributed by atoms with van der Waals surface area (Å²) in [5.41, 5.74) is 3.77. The fourth-order valence-electron chi connectivity index (χ4n) is 4.33. The molecule has 2 aliphatic rings. The minimum atomic E-state index is -0.414. The van der Waals surface area contributed by atoms with Crippen LogP contribution in [0.5, 0.6) is 11.5 Å². The molecule has 0 amide bonds. The van der Waals surface area contributed by atoms with E-state index in [9.17, 15) is 0 Å². The van der Waals surface area contributed by atoms with Crippen molar-refractivity contribution in [2.45, 2.75) is 12.1 Å². The normalized spacial score (nSPS) is 18.8. The van der Waals surface area contributed by atoms with Crippen LogP contribution >= 0.6 is 38.9 Å². The first-order chi connectivity index (χ1) is 15.6. The summed E-state index contributed by atoms with van der Waals surface area (Å²) in [5, 5.41) is 10.7. The van der Waals surface area contributed by atoms with Gasteiger partial charge in [0.25, 0.3) is 0 Å². The lowest BCUT2D eigenvalue weighted by Crippen LogP contribution is -2.32. The van der Waals surface area contributed by atoms with E-state index < -0.39 is 6.10 Å². The molecule has 0 fully saturated rings. The monoisotopic (exact) mass is 526 g/mol. The summed E-state index contributed by atoms with van der Waals surface area (Å²) in [6.45, 7) is 0. The summed E-state index contributed by atoms with van der Waals surface area (Å²) in [6.07, 6.45) is 1.15. The van der Waals surface area contributed by atoms with Crippen LogP contribution in [-0.2, 0) is 0 Å². The van der Waals surface area contributed by atoms with Crippen molar-refractivity contribution in [1.82, 2.24) is 14.8 Å². The molecule has 6 rings (SSSR count). The van der Waals surface area contributed by atoms with E-state index in [0.717, 1.165) is 43.2 Å². The first-order valence-corrected chi connectivity index (χ1v) is 11.9. The summed E-state index contributed by atoms with van der Waals surface area (Å²) < 4.78 is 15.2. The zero-order valence-corrected chi connectivity index (χ0v) is 19.9. The van der Waals surface area contributed by atoms with Crippen molar-refractivity contribution in [1.29, 1.82) is 0 Å². The van der Waals surface area contributed by atoms with E-state index in [1.54, 1.807) is 24.8 Å². The highest BCUT2D eigenvalue weighted by Crippen LogP contribution is 2.52. The van der Waals surface area contributed by atoms with Crippen LogP contribution in [-0.4, -0.2) is 21.9 Å². The van der Waals surface area contributed by atoms with E-state index >= 15 is 0 Å². The van der Waals surface area contributed by atoms with Gasteiger partial charge in [-0.15, -0.1) is 11.3 Å². The minimum Gasteiger partial charge on any atom is -0.496 e. The number of rotatable bonds is 3. The SMILES string of the molecule is COc1ccc(Br)cc1[C@H]1Oc2ccc(Cl)cc2C2=C1[C@H](c1cccs1)n1ncnc1N2. The van der Waals surface area contributed by atoms with Crippen molar-refractivity contribution in [3.8, 4) is 11.5 Å². The molecule has 160 valence electrons. The Balaban J connectivity index is 1.66. The van der Waals surface area contributed by atoms with Gasteiger partial charge < -0.3 is 14.8 Å². The number of halogens is 2. The Labute approximate surface area is 201 Å². The number of hydrogen-bond acceptors (Lipinski definition) is 6. The molecular formula is C23H16BrClN4O2S. The zero-order chi connectivity index (χ0) is 21.8. The van der Waals surface area contributed by atoms with Gasteiger partial charge in [-0.3, -0.25) is 0 Å². The smallest absolute Gasteiger partial charge is 0.226 e. The Hall–Kier alpha value is -2.81. The van der Waals surface area contributed by atoms with Gasteiger partial charge in [-0.2, -0.15) is 10.1 Å². The zero-order valence-electron chi connectivity index (χ0n) is 16.8. The molecule has 0 unspecified atom stereocenters. The molecule has 32 heavy (non-hydrogen) atoms. The second-order valence-electron chi connectivity index (χ2n) is 7.43. The first kappa shape index (κ1) is 19.8. The molecule has 2 aromatic heterocycles. The molecule has 4 heterocycles. The molecule has 0 saturated carbocycles. The maximum atomic E-state index is 6.65. The van der Waals surface area contributed by atoms with E-state index in [1.165, 1.54) is 0 Å². The van der Waals surface area contributed by atoms with Crippen molar-refractivity contribution in [2.75, 3.05) is 12.4 Å². The van der Waals surface area contributed by atoms with Gasteiger partial charge in [-0.25, -0.2) is 4.68 Å². The Morgan fingerprint density at radius 1 is 1.22 bits per heavy atom. The van der Waals surface area contributed by atoms with Crippen molar-refractivity contribution in [3.05, 3.63) is 91.3 Å². The third-order valence-electron chi connectivity index (χ3n) is 5.66. The van der Waals surface area contributed by atoms with Crippen LogP contribution in [0.3, 0.4) is 0 Å². The summed E-state index contributed by atoms with van der Waals surface area (Å²) >= 11 is 11.7. The molecule has 0 saturated heterocycles. The number of ether oxygens (including phenoxy) is 2. The number of anilines is 1. The van der Waals surface area contributed by atoms with Gasteiger partial charge in [0.15, 0.2) is 6.10 Å². The Kier molecular flexibility index (Phi) is 4.74. The topological polar surface area (TPSA) is 61.2 Å². The van der Waals surface area contributed by atoms with Crippen LogP contribution in [0, 0.1) is 0 Å². The molecule has 0 radical (unpaired) electrons. The Morgan fingerprint density at radius 3 is 2.94 bits per heavy atom. The molecule has 0 spiro atoms. The van der Waals surface area contributed by atoms with Gasteiger partial charge in [-0.05, 0) is 47.8 Å². The van der Waals surface area contributed by atoms with Gasteiger partial charge in [-0.1, -0.05) is 33.6 Å². The number of methoxy groups -OCH3 is 1. The van der Waals surface area contributed by atoms with Crippen LogP contribution in [0.15, 0.2) is 70.3 Å². The predicted molar refractivity (Wildman–Crippen MR) is 129 cm³/mol. The lowest BCUT2D eigenvalue weighted by Gasteiger charge is -2.38. The number of hydrogen-bond donors (Lipinski definition) is 1. The quantitative estimate of drug-likeness (QED) is 0.338. The fourth-order valence-corrected chi connectivity index (χ4v) is 5.71. The van der Waals surface area contributed by atoms with E-state index in [2.05, 4.69) is 42.8 Å². The van der Waals surface area contributed by atoms with E-state index in [1.807, 2.05) is 47.1 Å². The third-order valence-corrected chi connectivity index (χ3v) is 7.32. The second kappa shape index (κ2) is 7.65. The van der Waals surface area contributed by atoms with Crippen molar-refractivity contribution in [3.63, 3.8) is 0 Å². The summed E-state index contributed by atoms with van der Waals surface area (Å²) in [7, 11) is 1.67. The Bertz CT molecular complexity index is 1370. The van der Waals surface area contributed by atoms with Gasteiger partial charge in [0.1, 0.15) is 23.9 Å². The number of aromatic nitrogens is 3. The summed E-state index contributed by atoms with van der Waals surface area (Å²) in [4.78, 5) is 5.59. The predicted octanol–water partition coefficient (Wildman–Crippen LogP) is 6.32. The maximum Gasteiger partial charge on any atom is 0.226 e. The first-order valence-electron chi connectivity index (χ1n) is 9.88. The number of thiophene rings is 1. The number of fused-ring (bicyclic) bond motifs is 3. The van der Waals surface area contributed by atoms with Crippen molar-refractivity contribution in [2.24, 2.45) is 0 Å². The minimum absolute atomic E-state index is 0.190. The van der Waals surface area contributed by atoms with Crippen molar-refractivity contribution < 1.29 is 9.47 Å². The second-order valence-corrected chi connectivity index (χ2v) is 9.76. The van der Waals surface area contributed by atoms with Crippen LogP contribution in [0.1, 0.15) is 28.1 Å². The molecule has 9 heteroatoms. The summed E-state index contributed by atoms with van der Waals surface area (Å²) in [6, 6.07) is 15.6. The van der Waals surface area contributed by atoms with Gasteiger partial charge in [0.05, 0.1) is 12.8 Å². The number of nitrogens with one attached hydrogen (secondary N) is 1. The molecular weight excluding hydrogens is 512 g/mol. The average molecular weight is 528 g/mol. The van der Waals surface area contributed by atoms with Gasteiger partial charge >= 0.3 is 0 Å². The molecule has 2 aliphatic heterocycles. The third kappa shape index (κ3) is 3.05. The van der Waals surface area contributed by atoms with Crippen LogP contribution in [0.25, 0.3) is 5.70 Å². The molecule has 0 bridgehead atoms. The molecule has 4 aromatic rings. The Morgan fingerprint density at radius 2 is 2.12 bits per heavy atom. The van der Waals surface area contributed by atoms with Gasteiger partial charge in [0, 0.05) is 31.1 Å². The van der Waals surface area contributed by atoms with E-state index in [4.69, 9.17) is 21.1 Å². The number of nitrogens with zero attached hydrogens (tertiary/aromatic N) is 3. The average Bonchev–Trinajstić information content (AvgIpc) is 3.49. The lowest BCUT2D eigenvalue weighted by atomic mass is 9.86. The van der Waals surface area contributed by atoms with Gasteiger partial charge in [0.2, 0.25) is 5.95 Å². The van der Waals surface area contributed by atoms with Crippen LogP contribution in [0.4, 0.5) is 5.95 Å². The number of benzene rings is 2. The van der Waals surface area contributed by atoms with E-state index in [0.29, 0.717) is 11.0 Å². The standard InChI is InChI=1S/C23H16BrClN4O2S/c1-30-16-6-4-12(24)9-15(16)22-19-20(14-10-13(25)5-7-17(14)31-22)28-23-26-11-27-29(23)21(19)18-3-2-8-32-18/h2-11,21-22H,1H3,(H,26,27,28)/t21-,22+/m0/s1. The fraction of sp³-hybridized carbons (Fsp3) is 0.130. The van der Waals surface area contributed by atoms with Crippen molar-refractivity contribution >= 4 is 50.5 Å². The molecule has 6 nitrogen and oxygen atoms in total. The van der Waals surface area contributed by atoms with Crippen LogP contribution in [0.2, 0.25) is 5.02 Å². The molecule has 2 atom stereocenters. The molecule has 2 aromatic carbocycles. The highest BCUT2D eigenvalue weighted by molar-refractivity contribution is 9.10. The van der Waals surface area contributed by atoms with Crippen LogP contribution < -0.4 is 14.8 Å². The molecule has 0 aliphatic carbocycles. The summed E-state index contributed by atoms with van der Waals surface area (Å²) in [5.74, 6) is 2.16.